The molecular formula is C21H17ClN2O4. The van der Waals surface area contributed by atoms with Gasteiger partial charge in [0.25, 0.3) is 0 Å². The maximum Gasteiger partial charge on any atom is 0.442 e. The van der Waals surface area contributed by atoms with Gasteiger partial charge in [0.1, 0.15) is 5.58 Å². The van der Waals surface area contributed by atoms with Gasteiger partial charge >= 0.3 is 11.4 Å². The molecule has 0 radical (unpaired) electrons. The van der Waals surface area contributed by atoms with E-state index in [1.807, 2.05) is 38.1 Å². The number of aryl methyl sites for hydroxylation is 2. The minimum atomic E-state index is -0.601. The van der Waals surface area contributed by atoms with Crippen LogP contribution in [0, 0.1) is 6.92 Å². The van der Waals surface area contributed by atoms with Gasteiger partial charge in [0.05, 0.1) is 6.54 Å². The Morgan fingerprint density at radius 1 is 1.11 bits per heavy atom. The molecule has 28 heavy (non-hydrogen) atoms. The Bertz CT molecular complexity index is 1300. The summed E-state index contributed by atoms with van der Waals surface area (Å²) < 4.78 is 11.7. The molecule has 7 heteroatoms. The Morgan fingerprint density at radius 3 is 2.64 bits per heavy atom. The van der Waals surface area contributed by atoms with Crippen molar-refractivity contribution in [2.75, 3.05) is 0 Å². The second-order valence-electron chi connectivity index (χ2n) is 6.56. The van der Waals surface area contributed by atoms with Crippen LogP contribution in [0.25, 0.3) is 22.4 Å². The van der Waals surface area contributed by atoms with E-state index in [2.05, 4.69) is 5.16 Å². The summed E-state index contributed by atoms with van der Waals surface area (Å²) >= 11 is 6.36. The van der Waals surface area contributed by atoms with Crippen molar-refractivity contribution in [2.24, 2.45) is 0 Å². The predicted molar refractivity (Wildman–Crippen MR) is 107 cm³/mol. The highest BCUT2D eigenvalue weighted by Crippen LogP contribution is 2.27. The first kappa shape index (κ1) is 18.3. The molecule has 0 fully saturated rings. The highest BCUT2D eigenvalue weighted by Gasteiger charge is 2.17. The lowest BCUT2D eigenvalue weighted by atomic mass is 10.1. The third-order valence-corrected chi connectivity index (χ3v) is 5.13. The van der Waals surface area contributed by atoms with Crippen molar-refractivity contribution in [2.45, 2.75) is 26.8 Å². The van der Waals surface area contributed by atoms with E-state index in [0.29, 0.717) is 33.8 Å². The summed E-state index contributed by atoms with van der Waals surface area (Å²) in [5.74, 6) is -0.198. The van der Waals surface area contributed by atoms with Gasteiger partial charge in [-0.15, -0.1) is 0 Å². The second-order valence-corrected chi connectivity index (χ2v) is 6.96. The summed E-state index contributed by atoms with van der Waals surface area (Å²) in [5.41, 5.74) is 3.18. The van der Waals surface area contributed by atoms with Crippen molar-refractivity contribution >= 4 is 22.6 Å². The Hall–Kier alpha value is -3.12. The summed E-state index contributed by atoms with van der Waals surface area (Å²) in [5, 5.41) is 5.20. The van der Waals surface area contributed by atoms with E-state index in [0.717, 1.165) is 16.7 Å². The number of aromatic nitrogens is 2. The van der Waals surface area contributed by atoms with E-state index in [-0.39, 0.29) is 6.54 Å². The summed E-state index contributed by atoms with van der Waals surface area (Å²) in [6.45, 7) is 4.01. The van der Waals surface area contributed by atoms with Gasteiger partial charge in [-0.1, -0.05) is 47.9 Å². The van der Waals surface area contributed by atoms with Gasteiger partial charge < -0.3 is 4.42 Å². The Morgan fingerprint density at radius 2 is 1.89 bits per heavy atom. The molecule has 2 aromatic heterocycles. The first-order valence-electron chi connectivity index (χ1n) is 8.85. The van der Waals surface area contributed by atoms with E-state index in [4.69, 9.17) is 20.5 Å². The van der Waals surface area contributed by atoms with Crippen LogP contribution < -0.4 is 11.4 Å². The fourth-order valence-electron chi connectivity index (χ4n) is 3.29. The SMILES string of the molecule is CCc1cc2oc(=O)cc(Cn3c(-c4ccccc4C)noc3=O)c2cc1Cl. The molecule has 0 aliphatic heterocycles. The Kier molecular flexibility index (Phi) is 4.65. The molecule has 0 unspecified atom stereocenters. The number of hydrogen-bond donors (Lipinski definition) is 0. The third kappa shape index (κ3) is 3.16. The minimum absolute atomic E-state index is 0.107. The highest BCUT2D eigenvalue weighted by atomic mass is 35.5. The van der Waals surface area contributed by atoms with Gasteiger partial charge in [-0.2, -0.15) is 0 Å². The van der Waals surface area contributed by atoms with Gasteiger partial charge in [-0.3, -0.25) is 9.09 Å². The molecule has 0 aliphatic rings. The topological polar surface area (TPSA) is 78.2 Å². The Balaban J connectivity index is 1.89. The molecule has 142 valence electrons. The number of hydrogen-bond acceptors (Lipinski definition) is 5. The van der Waals surface area contributed by atoms with Crippen LogP contribution in [0.5, 0.6) is 0 Å². The van der Waals surface area contributed by atoms with E-state index in [1.165, 1.54) is 10.6 Å². The van der Waals surface area contributed by atoms with Gasteiger partial charge in [-0.05, 0) is 42.2 Å². The van der Waals surface area contributed by atoms with Crippen molar-refractivity contribution in [1.29, 1.82) is 0 Å². The van der Waals surface area contributed by atoms with Crippen molar-refractivity contribution < 1.29 is 8.94 Å². The van der Waals surface area contributed by atoms with Crippen molar-refractivity contribution in [3.8, 4) is 11.4 Å². The number of rotatable bonds is 4. The van der Waals surface area contributed by atoms with Gasteiger partial charge in [0.15, 0.2) is 5.82 Å². The zero-order chi connectivity index (χ0) is 19.8. The van der Waals surface area contributed by atoms with Crippen LogP contribution >= 0.6 is 11.6 Å². The van der Waals surface area contributed by atoms with Crippen LogP contribution in [0.4, 0.5) is 0 Å². The van der Waals surface area contributed by atoms with Crippen LogP contribution in [-0.4, -0.2) is 9.72 Å². The summed E-state index contributed by atoms with van der Waals surface area (Å²) in [6.07, 6.45) is 0.714. The number of fused-ring (bicyclic) bond motifs is 1. The van der Waals surface area contributed by atoms with E-state index < -0.39 is 11.4 Å². The fourth-order valence-corrected chi connectivity index (χ4v) is 3.58. The van der Waals surface area contributed by atoms with Gasteiger partial charge in [0, 0.05) is 22.0 Å². The smallest absolute Gasteiger partial charge is 0.423 e. The molecule has 0 bridgehead atoms. The van der Waals surface area contributed by atoms with E-state index >= 15 is 0 Å². The number of benzene rings is 2. The van der Waals surface area contributed by atoms with Crippen LogP contribution in [0.2, 0.25) is 5.02 Å². The lowest BCUT2D eigenvalue weighted by Gasteiger charge is -2.10. The molecule has 0 spiro atoms. The van der Waals surface area contributed by atoms with Gasteiger partial charge in [-0.25, -0.2) is 9.59 Å². The minimum Gasteiger partial charge on any atom is -0.423 e. The molecule has 4 aromatic rings. The van der Waals surface area contributed by atoms with Crippen LogP contribution in [0.3, 0.4) is 0 Å². The standard InChI is InChI=1S/C21H17ClN2O4/c1-3-13-8-18-16(10-17(13)22)14(9-19(25)27-18)11-24-20(23-28-21(24)26)15-7-5-4-6-12(15)2/h4-10H,3,11H2,1-2H3. The third-order valence-electron chi connectivity index (χ3n) is 4.78. The predicted octanol–water partition coefficient (Wildman–Crippen LogP) is 4.18. The molecule has 0 amide bonds. The normalized spacial score (nSPS) is 11.2. The van der Waals surface area contributed by atoms with Crippen LogP contribution in [0.15, 0.2) is 61.0 Å². The maximum absolute atomic E-state index is 12.3. The molecule has 0 N–H and O–H groups in total. The molecule has 2 heterocycles. The fraction of sp³-hybridized carbons (Fsp3) is 0.190. The molecule has 4 rings (SSSR count). The zero-order valence-electron chi connectivity index (χ0n) is 15.4. The first-order chi connectivity index (χ1) is 13.5. The summed E-state index contributed by atoms with van der Waals surface area (Å²) in [4.78, 5) is 24.4. The quantitative estimate of drug-likeness (QED) is 0.483. The summed E-state index contributed by atoms with van der Waals surface area (Å²) in [7, 11) is 0. The molecule has 0 aliphatic carbocycles. The maximum atomic E-state index is 12.3. The first-order valence-corrected chi connectivity index (χ1v) is 9.23. The average Bonchev–Trinajstić information content (AvgIpc) is 3.02. The molecule has 6 nitrogen and oxygen atoms in total. The average molecular weight is 397 g/mol. The molecule has 0 saturated carbocycles. The van der Waals surface area contributed by atoms with Gasteiger partial charge in [0.2, 0.25) is 0 Å². The van der Waals surface area contributed by atoms with Crippen LogP contribution in [-0.2, 0) is 13.0 Å². The lowest BCUT2D eigenvalue weighted by molar-refractivity contribution is 0.378. The van der Waals surface area contributed by atoms with E-state index in [9.17, 15) is 9.59 Å². The zero-order valence-corrected chi connectivity index (χ0v) is 16.1. The highest BCUT2D eigenvalue weighted by molar-refractivity contribution is 6.32. The summed E-state index contributed by atoms with van der Waals surface area (Å²) in [6, 6.07) is 12.5. The Labute approximate surface area is 165 Å². The molecule has 0 atom stereocenters. The molecule has 2 aromatic carbocycles. The number of halogens is 1. The monoisotopic (exact) mass is 396 g/mol. The molecular weight excluding hydrogens is 380 g/mol. The largest absolute Gasteiger partial charge is 0.442 e. The van der Waals surface area contributed by atoms with E-state index in [1.54, 1.807) is 12.1 Å². The van der Waals surface area contributed by atoms with Crippen molar-refractivity contribution in [1.82, 2.24) is 9.72 Å². The van der Waals surface area contributed by atoms with Crippen molar-refractivity contribution in [3.63, 3.8) is 0 Å². The van der Waals surface area contributed by atoms with Crippen LogP contribution in [0.1, 0.15) is 23.6 Å². The lowest BCUT2D eigenvalue weighted by Crippen LogP contribution is -2.17. The molecule has 0 saturated heterocycles. The van der Waals surface area contributed by atoms with Crippen molar-refractivity contribution in [3.05, 3.63) is 85.1 Å². The second kappa shape index (κ2) is 7.13. The number of nitrogens with zero attached hydrogens (tertiary/aromatic N) is 2.